The molecule has 2 aliphatic rings. The van der Waals surface area contributed by atoms with Crippen molar-refractivity contribution in [2.24, 2.45) is 0 Å². The molecule has 1 atom stereocenters. The zero-order valence-corrected chi connectivity index (χ0v) is 24.8. The maximum atomic E-state index is 14.2. The summed E-state index contributed by atoms with van der Waals surface area (Å²) in [6, 6.07) is 3.85. The molecule has 1 fully saturated rings. The second-order valence-corrected chi connectivity index (χ2v) is 11.7. The number of piperazine rings is 1. The minimum atomic E-state index is -4.66. The van der Waals surface area contributed by atoms with Gasteiger partial charge in [-0.05, 0) is 39.3 Å². The molecule has 0 spiro atoms. The Morgan fingerprint density at radius 1 is 1.16 bits per heavy atom. The van der Waals surface area contributed by atoms with Crippen LogP contribution in [-0.4, -0.2) is 75.1 Å². The van der Waals surface area contributed by atoms with E-state index in [1.165, 1.54) is 19.4 Å². The van der Waals surface area contributed by atoms with Crippen LogP contribution in [0.2, 0.25) is 0 Å². The highest BCUT2D eigenvalue weighted by Crippen LogP contribution is 2.43. The summed E-state index contributed by atoms with van der Waals surface area (Å²) in [6.45, 7) is 6.48. The molecule has 230 valence electrons. The van der Waals surface area contributed by atoms with Crippen LogP contribution in [0.25, 0.3) is 10.9 Å². The lowest BCUT2D eigenvalue weighted by atomic mass is 10.0. The number of anilines is 2. The Bertz CT molecular complexity index is 1570. The van der Waals surface area contributed by atoms with Crippen molar-refractivity contribution in [3.05, 3.63) is 35.2 Å². The number of benzene rings is 1. The standard InChI is InChI=1S/C27H30F4N8O3S/c1-26(2,3)42-25(40)38-12-11-37(14-16(38)7-9-32)23-17-8-10-36(15-20(17)34-24(35-23)41-4)22-18-13-33-39(43-31)21(18)6-5-19(22)27(28,29)30/h5-6,13,16H,7-8,10-12,14-15H2,1-4H3. The Morgan fingerprint density at radius 2 is 1.93 bits per heavy atom. The molecule has 2 aliphatic heterocycles. The predicted octanol–water partition coefficient (Wildman–Crippen LogP) is 5.14. The second-order valence-electron chi connectivity index (χ2n) is 11.2. The number of methoxy groups -OCH3 is 1. The van der Waals surface area contributed by atoms with Crippen LogP contribution in [0.5, 0.6) is 6.01 Å². The Morgan fingerprint density at radius 3 is 2.58 bits per heavy atom. The van der Waals surface area contributed by atoms with Gasteiger partial charge in [0.1, 0.15) is 11.4 Å². The average Bonchev–Trinajstić information content (AvgIpc) is 3.38. The zero-order chi connectivity index (χ0) is 31.1. The van der Waals surface area contributed by atoms with Crippen molar-refractivity contribution >= 4 is 40.8 Å². The maximum absolute atomic E-state index is 14.2. The van der Waals surface area contributed by atoms with Crippen molar-refractivity contribution in [2.75, 3.05) is 43.1 Å². The van der Waals surface area contributed by atoms with E-state index in [1.54, 1.807) is 30.6 Å². The lowest BCUT2D eigenvalue weighted by Gasteiger charge is -2.42. The largest absolute Gasteiger partial charge is 0.467 e. The molecule has 11 nitrogen and oxygen atoms in total. The van der Waals surface area contributed by atoms with E-state index in [-0.39, 0.29) is 61.0 Å². The molecule has 1 unspecified atom stereocenters. The highest BCUT2D eigenvalue weighted by molar-refractivity contribution is 7.92. The van der Waals surface area contributed by atoms with Gasteiger partial charge in [0.15, 0.2) is 12.3 Å². The molecule has 0 radical (unpaired) electrons. The lowest BCUT2D eigenvalue weighted by molar-refractivity contribution is -0.137. The molecule has 0 saturated carbocycles. The Hall–Kier alpha value is -4.00. The molecule has 1 aromatic carbocycles. The molecular formula is C27H30F4N8O3S. The Labute approximate surface area is 249 Å². The van der Waals surface area contributed by atoms with Gasteiger partial charge in [-0.15, -0.1) is 3.89 Å². The molecule has 2 aromatic heterocycles. The summed E-state index contributed by atoms with van der Waals surface area (Å²) in [5.41, 5.74) is -0.212. The zero-order valence-electron chi connectivity index (χ0n) is 24.0. The fourth-order valence-corrected chi connectivity index (χ4v) is 5.83. The van der Waals surface area contributed by atoms with Crippen LogP contribution in [0, 0.1) is 11.3 Å². The normalized spacial score (nSPS) is 17.6. The van der Waals surface area contributed by atoms with Crippen LogP contribution in [0.3, 0.4) is 0 Å². The third-order valence-electron chi connectivity index (χ3n) is 7.32. The molecule has 43 heavy (non-hydrogen) atoms. The van der Waals surface area contributed by atoms with Gasteiger partial charge >= 0.3 is 18.3 Å². The third-order valence-corrected chi connectivity index (χ3v) is 7.74. The molecule has 1 saturated heterocycles. The summed E-state index contributed by atoms with van der Waals surface area (Å²) in [4.78, 5) is 27.0. The summed E-state index contributed by atoms with van der Waals surface area (Å²) in [5, 5.41) is 13.6. The number of alkyl halides is 3. The summed E-state index contributed by atoms with van der Waals surface area (Å²) in [7, 11) is 1.40. The van der Waals surface area contributed by atoms with Crippen molar-refractivity contribution in [3.63, 3.8) is 0 Å². The molecule has 16 heteroatoms. The first kappa shape index (κ1) is 30.5. The minimum absolute atomic E-state index is 0.0108. The van der Waals surface area contributed by atoms with Crippen LogP contribution in [0.15, 0.2) is 18.3 Å². The number of aromatic nitrogens is 4. The molecule has 0 N–H and O–H groups in total. The predicted molar refractivity (Wildman–Crippen MR) is 151 cm³/mol. The molecule has 3 aromatic rings. The van der Waals surface area contributed by atoms with Gasteiger partial charge in [0.25, 0.3) is 0 Å². The van der Waals surface area contributed by atoms with Gasteiger partial charge in [0.05, 0.1) is 60.8 Å². The van der Waals surface area contributed by atoms with Crippen molar-refractivity contribution in [2.45, 2.75) is 58.0 Å². The highest BCUT2D eigenvalue weighted by atomic mass is 32.2. The van der Waals surface area contributed by atoms with E-state index in [0.29, 0.717) is 31.0 Å². The second kappa shape index (κ2) is 11.6. The monoisotopic (exact) mass is 622 g/mol. The molecule has 4 heterocycles. The van der Waals surface area contributed by atoms with Gasteiger partial charge in [0, 0.05) is 37.1 Å². The number of nitriles is 1. The first-order valence-electron chi connectivity index (χ1n) is 13.5. The van der Waals surface area contributed by atoms with Gasteiger partial charge < -0.3 is 24.2 Å². The smallest absolute Gasteiger partial charge is 0.418 e. The summed E-state index contributed by atoms with van der Waals surface area (Å²) >= 11 is -0.197. The number of fused-ring (bicyclic) bond motifs is 2. The Kier molecular flexibility index (Phi) is 8.21. The van der Waals surface area contributed by atoms with Crippen LogP contribution in [-0.2, 0) is 23.9 Å². The molecule has 0 bridgehead atoms. The topological polar surface area (TPSA) is 113 Å². The van der Waals surface area contributed by atoms with E-state index in [9.17, 15) is 27.1 Å². The van der Waals surface area contributed by atoms with Gasteiger partial charge in [-0.3, -0.25) is 0 Å². The quantitative estimate of drug-likeness (QED) is 0.355. The minimum Gasteiger partial charge on any atom is -0.467 e. The molecule has 1 amide bonds. The first-order chi connectivity index (χ1) is 20.3. The van der Waals surface area contributed by atoms with Crippen LogP contribution >= 0.6 is 12.3 Å². The van der Waals surface area contributed by atoms with E-state index < -0.39 is 29.5 Å². The van der Waals surface area contributed by atoms with Gasteiger partial charge in [-0.2, -0.15) is 37.6 Å². The number of nitrogens with zero attached hydrogens (tertiary/aromatic N) is 8. The van der Waals surface area contributed by atoms with Crippen LogP contribution in [0.4, 0.5) is 33.4 Å². The van der Waals surface area contributed by atoms with Gasteiger partial charge in [-0.25, -0.2) is 4.79 Å². The number of ether oxygens (including phenoxy) is 2. The number of hydrogen-bond acceptors (Lipinski definition) is 10. The summed E-state index contributed by atoms with van der Waals surface area (Å²) < 4.78 is 67.8. The highest BCUT2D eigenvalue weighted by Gasteiger charge is 2.39. The van der Waals surface area contributed by atoms with E-state index in [2.05, 4.69) is 21.1 Å². The number of hydrogen-bond donors (Lipinski definition) is 0. The van der Waals surface area contributed by atoms with E-state index in [0.717, 1.165) is 15.7 Å². The van der Waals surface area contributed by atoms with E-state index in [4.69, 9.17) is 9.47 Å². The third kappa shape index (κ3) is 6.08. The molecule has 5 rings (SSSR count). The average molecular weight is 623 g/mol. The number of halogens is 4. The van der Waals surface area contributed by atoms with Crippen molar-refractivity contribution in [3.8, 4) is 12.1 Å². The maximum Gasteiger partial charge on any atom is 0.418 e. The number of carbonyl (C=O) groups is 1. The number of rotatable bonds is 5. The summed E-state index contributed by atoms with van der Waals surface area (Å²) in [6.07, 6.45) is -3.55. The van der Waals surface area contributed by atoms with Crippen molar-refractivity contribution < 1.29 is 31.3 Å². The number of carbonyl (C=O) groups excluding carboxylic acids is 1. The van der Waals surface area contributed by atoms with E-state index in [1.807, 2.05) is 4.90 Å². The molecular weight excluding hydrogens is 592 g/mol. The number of amides is 1. The first-order valence-corrected chi connectivity index (χ1v) is 14.2. The SMILES string of the molecule is COc1nc2c(c(N3CCN(C(=O)OC(C)(C)C)C(CC#N)C3)n1)CCN(c1c(C(F)(F)F)ccc3c1cnn3SF)C2. The Balaban J connectivity index is 1.49. The lowest BCUT2D eigenvalue weighted by Crippen LogP contribution is -2.56. The van der Waals surface area contributed by atoms with Crippen LogP contribution < -0.4 is 14.5 Å². The summed E-state index contributed by atoms with van der Waals surface area (Å²) in [5.74, 6) is 0.546. The van der Waals surface area contributed by atoms with Crippen molar-refractivity contribution in [1.29, 1.82) is 5.26 Å². The van der Waals surface area contributed by atoms with Crippen LogP contribution in [0.1, 0.15) is 44.0 Å². The van der Waals surface area contributed by atoms with E-state index >= 15 is 0 Å². The fourth-order valence-electron chi connectivity index (χ4n) is 5.51. The van der Waals surface area contributed by atoms with Gasteiger partial charge in [0.2, 0.25) is 0 Å². The fraction of sp³-hybridized carbons (Fsp3) is 0.519. The molecule has 0 aliphatic carbocycles. The van der Waals surface area contributed by atoms with Crippen molar-refractivity contribution in [1.82, 2.24) is 24.1 Å². The van der Waals surface area contributed by atoms with Gasteiger partial charge in [-0.1, -0.05) is 0 Å².